The Morgan fingerprint density at radius 2 is 1.75 bits per heavy atom. The van der Waals surface area contributed by atoms with Gasteiger partial charge in [0, 0.05) is 31.8 Å². The molecule has 2 heterocycles. The Bertz CT molecular complexity index is 1140. The number of carbonyl (C=O) groups is 1. The fourth-order valence-corrected chi connectivity index (χ4v) is 5.22. The number of carbonyl (C=O) groups excluding carboxylic acids is 1. The van der Waals surface area contributed by atoms with Gasteiger partial charge in [0.1, 0.15) is 0 Å². The molecule has 2 N–H and O–H groups in total. The van der Waals surface area contributed by atoms with Gasteiger partial charge in [-0.15, -0.1) is 0 Å². The number of anilines is 2. The van der Waals surface area contributed by atoms with Crippen molar-refractivity contribution < 1.29 is 6.22 Å². The third-order valence-electron chi connectivity index (χ3n) is 7.68. The average Bonchev–Trinajstić information content (AvgIpc) is 3.10. The highest BCUT2D eigenvalue weighted by Gasteiger charge is 2.13. The number of aromatic nitrogens is 2. The van der Waals surface area contributed by atoms with Gasteiger partial charge in [0.15, 0.2) is 5.78 Å². The fourth-order valence-electron chi connectivity index (χ4n) is 5.22. The van der Waals surface area contributed by atoms with Crippen molar-refractivity contribution in [1.82, 2.24) is 19.8 Å². The number of rotatable bonds is 13. The molecule has 1 saturated heterocycles. The van der Waals surface area contributed by atoms with Crippen LogP contribution in [-0.4, -0.2) is 45.9 Å². The average molecular weight is 550 g/mol. The first-order valence-electron chi connectivity index (χ1n) is 15.8. The molecular formula is C34H55N5O. The van der Waals surface area contributed by atoms with Gasteiger partial charge in [-0.1, -0.05) is 52.5 Å². The van der Waals surface area contributed by atoms with Crippen LogP contribution in [0.3, 0.4) is 0 Å². The molecule has 0 aliphatic carbocycles. The summed E-state index contributed by atoms with van der Waals surface area (Å²) in [4.78, 5) is 19.0. The molecule has 40 heavy (non-hydrogen) atoms. The zero-order valence-corrected chi connectivity index (χ0v) is 25.8. The summed E-state index contributed by atoms with van der Waals surface area (Å²) in [7, 11) is 0. The number of unbranched alkanes of at least 4 members (excludes halogenated alkanes) is 2. The van der Waals surface area contributed by atoms with Crippen LogP contribution in [0.15, 0.2) is 42.5 Å². The molecule has 6 nitrogen and oxygen atoms in total. The fraction of sp³-hybridized carbons (Fsp3) is 0.588. The SMILES string of the molecule is CC1CCCCCN1.CCCCN(CCCC)Cc1ccc2nc(Nc3ccc(C(C)=O)cc3)n(CCC)c2c1.[HH]. The molecule has 2 aromatic carbocycles. The summed E-state index contributed by atoms with van der Waals surface area (Å²) >= 11 is 0. The monoisotopic (exact) mass is 549 g/mol. The first kappa shape index (κ1) is 31.8. The van der Waals surface area contributed by atoms with Gasteiger partial charge in [0.25, 0.3) is 0 Å². The molecule has 6 heteroatoms. The smallest absolute Gasteiger partial charge is 0.208 e. The van der Waals surface area contributed by atoms with Gasteiger partial charge < -0.3 is 15.2 Å². The minimum atomic E-state index is 0. The Kier molecular flexibility index (Phi) is 13.7. The molecule has 4 rings (SSSR count). The van der Waals surface area contributed by atoms with Crippen molar-refractivity contribution in [3.05, 3.63) is 53.6 Å². The van der Waals surface area contributed by atoms with E-state index in [1.54, 1.807) is 6.92 Å². The van der Waals surface area contributed by atoms with Crippen LogP contribution < -0.4 is 10.6 Å². The quantitative estimate of drug-likeness (QED) is 0.209. The van der Waals surface area contributed by atoms with Crippen molar-refractivity contribution >= 4 is 28.5 Å². The van der Waals surface area contributed by atoms with Gasteiger partial charge in [-0.3, -0.25) is 9.69 Å². The topological polar surface area (TPSA) is 62.2 Å². The zero-order chi connectivity index (χ0) is 28.7. The maximum atomic E-state index is 11.6. The molecule has 0 radical (unpaired) electrons. The highest BCUT2D eigenvalue weighted by Crippen LogP contribution is 2.25. The summed E-state index contributed by atoms with van der Waals surface area (Å²) in [5.74, 6) is 0.928. The van der Waals surface area contributed by atoms with Crippen LogP contribution in [0.1, 0.15) is 110 Å². The number of aryl methyl sites for hydroxylation is 1. The Hall–Kier alpha value is -2.70. The van der Waals surface area contributed by atoms with Gasteiger partial charge in [-0.05, 0) is 108 Å². The van der Waals surface area contributed by atoms with E-state index in [0.717, 1.165) is 61.4 Å². The molecule has 0 bridgehead atoms. The summed E-state index contributed by atoms with van der Waals surface area (Å²) in [5, 5.41) is 6.90. The highest BCUT2D eigenvalue weighted by molar-refractivity contribution is 5.94. The van der Waals surface area contributed by atoms with Gasteiger partial charge in [0.05, 0.1) is 11.0 Å². The second kappa shape index (κ2) is 17.2. The van der Waals surface area contributed by atoms with Gasteiger partial charge in [0.2, 0.25) is 5.95 Å². The summed E-state index contributed by atoms with van der Waals surface area (Å²) in [6.07, 6.45) is 11.6. The lowest BCUT2D eigenvalue weighted by Gasteiger charge is -2.22. The van der Waals surface area contributed by atoms with Gasteiger partial charge in [-0.25, -0.2) is 4.98 Å². The summed E-state index contributed by atoms with van der Waals surface area (Å²) < 4.78 is 2.28. The zero-order valence-electron chi connectivity index (χ0n) is 25.8. The lowest BCUT2D eigenvalue weighted by Crippen LogP contribution is -2.25. The van der Waals surface area contributed by atoms with Crippen LogP contribution in [0, 0.1) is 0 Å². The Morgan fingerprint density at radius 3 is 2.40 bits per heavy atom. The third kappa shape index (κ3) is 10.0. The molecule has 1 aliphatic heterocycles. The molecule has 1 atom stereocenters. The molecule has 3 aromatic rings. The number of ketones is 1. The molecule has 1 fully saturated rings. The summed E-state index contributed by atoms with van der Waals surface area (Å²) in [5.41, 5.74) is 5.20. The van der Waals surface area contributed by atoms with Crippen LogP contribution in [0.5, 0.6) is 0 Å². The number of benzene rings is 2. The van der Waals surface area contributed by atoms with Crippen LogP contribution in [-0.2, 0) is 13.1 Å². The standard InChI is InChI=1S/C27H38N4O.C7H15N.H2/c1-5-8-17-30(18-9-6-2)20-22-10-15-25-26(19-22)31(16-7-3)27(29-25)28-24-13-11-23(12-14-24)21(4)32;1-7-5-3-2-4-6-8-7;/h10-15,19H,5-9,16-18,20H2,1-4H3,(H,28,29);7-8H,2-6H2,1H3;1H. The van der Waals surface area contributed by atoms with E-state index in [4.69, 9.17) is 4.98 Å². The first-order chi connectivity index (χ1) is 19.4. The van der Waals surface area contributed by atoms with Gasteiger partial charge >= 0.3 is 0 Å². The summed E-state index contributed by atoms with van der Waals surface area (Å²) in [6, 6.07) is 15.1. The van der Waals surface area contributed by atoms with Crippen molar-refractivity contribution in [3.63, 3.8) is 0 Å². The van der Waals surface area contributed by atoms with E-state index < -0.39 is 0 Å². The Balaban J connectivity index is 0.000000563. The lowest BCUT2D eigenvalue weighted by molar-refractivity contribution is 0.101. The predicted octanol–water partition coefficient (Wildman–Crippen LogP) is 8.58. The normalized spacial score (nSPS) is 15.5. The first-order valence-corrected chi connectivity index (χ1v) is 15.8. The van der Waals surface area contributed by atoms with E-state index in [1.807, 2.05) is 24.3 Å². The molecule has 1 aliphatic rings. The highest BCUT2D eigenvalue weighted by atomic mass is 16.1. The molecule has 222 valence electrons. The lowest BCUT2D eigenvalue weighted by atomic mass is 10.1. The van der Waals surface area contributed by atoms with Crippen LogP contribution in [0.2, 0.25) is 0 Å². The van der Waals surface area contributed by atoms with Gasteiger partial charge in [-0.2, -0.15) is 0 Å². The number of fused-ring (bicyclic) bond motifs is 1. The van der Waals surface area contributed by atoms with Crippen LogP contribution >= 0.6 is 0 Å². The van der Waals surface area contributed by atoms with Crippen molar-refractivity contribution in [2.75, 3.05) is 25.0 Å². The van der Waals surface area contributed by atoms with E-state index in [-0.39, 0.29) is 7.21 Å². The minimum Gasteiger partial charge on any atom is -0.326 e. The van der Waals surface area contributed by atoms with Crippen LogP contribution in [0.25, 0.3) is 11.0 Å². The number of imidazole rings is 1. The van der Waals surface area contributed by atoms with E-state index >= 15 is 0 Å². The van der Waals surface area contributed by atoms with E-state index in [9.17, 15) is 4.79 Å². The number of nitrogens with zero attached hydrogens (tertiary/aromatic N) is 3. The maximum absolute atomic E-state index is 11.6. The summed E-state index contributed by atoms with van der Waals surface area (Å²) in [6.45, 7) is 16.0. The number of hydrogen-bond acceptors (Lipinski definition) is 5. The number of nitrogens with one attached hydrogen (secondary N) is 2. The second-order valence-electron chi connectivity index (χ2n) is 11.4. The van der Waals surface area contributed by atoms with Crippen molar-refractivity contribution in [3.8, 4) is 0 Å². The largest absolute Gasteiger partial charge is 0.326 e. The Morgan fingerprint density at radius 1 is 1.02 bits per heavy atom. The molecule has 0 amide bonds. The minimum absolute atomic E-state index is 0. The Labute approximate surface area is 244 Å². The predicted molar refractivity (Wildman–Crippen MR) is 173 cm³/mol. The molecule has 0 spiro atoms. The molecule has 1 aromatic heterocycles. The van der Waals surface area contributed by atoms with Crippen LogP contribution in [0.4, 0.5) is 11.6 Å². The number of hydrogen-bond donors (Lipinski definition) is 2. The molecular weight excluding hydrogens is 494 g/mol. The van der Waals surface area contributed by atoms with Crippen molar-refractivity contribution in [2.45, 2.75) is 112 Å². The van der Waals surface area contributed by atoms with E-state index in [0.29, 0.717) is 0 Å². The maximum Gasteiger partial charge on any atom is 0.208 e. The third-order valence-corrected chi connectivity index (χ3v) is 7.68. The second-order valence-corrected chi connectivity index (χ2v) is 11.4. The van der Waals surface area contributed by atoms with Crippen molar-refractivity contribution in [2.24, 2.45) is 0 Å². The molecule has 1 unspecified atom stereocenters. The van der Waals surface area contributed by atoms with E-state index in [1.165, 1.54) is 69.0 Å². The van der Waals surface area contributed by atoms with E-state index in [2.05, 4.69) is 66.0 Å². The van der Waals surface area contributed by atoms with Crippen molar-refractivity contribution in [1.29, 1.82) is 0 Å². The number of Topliss-reactive ketones (excluding diaryl/α,β-unsaturated/α-hetero) is 1. The molecule has 0 saturated carbocycles.